The van der Waals surface area contributed by atoms with E-state index in [1.165, 1.54) is 22.6 Å². The maximum Gasteiger partial charge on any atom is 0.288 e. The summed E-state index contributed by atoms with van der Waals surface area (Å²) in [5.74, 6) is 0.794. The number of hydrogen-bond acceptors (Lipinski definition) is 6. The Kier molecular flexibility index (Phi) is 7.42. The Labute approximate surface area is 223 Å². The smallest absolute Gasteiger partial charge is 0.288 e. The molecule has 0 unspecified atom stereocenters. The fraction of sp³-hybridized carbons (Fsp3) is 0.241. The van der Waals surface area contributed by atoms with Gasteiger partial charge in [0.15, 0.2) is 17.1 Å². The predicted octanol–water partition coefficient (Wildman–Crippen LogP) is 6.28. The summed E-state index contributed by atoms with van der Waals surface area (Å²) in [6.07, 6.45) is 4.13. The number of ether oxygens (including phenoxy) is 1. The Morgan fingerprint density at radius 3 is 2.58 bits per heavy atom. The number of fused-ring (bicyclic) bond motifs is 3. The van der Waals surface area contributed by atoms with Gasteiger partial charge in [0.25, 0.3) is 11.6 Å². The number of aryl methyl sites for hydroxylation is 2. The summed E-state index contributed by atoms with van der Waals surface area (Å²) in [5, 5.41) is 12.3. The van der Waals surface area contributed by atoms with E-state index >= 15 is 0 Å². The molecule has 0 saturated carbocycles. The summed E-state index contributed by atoms with van der Waals surface area (Å²) < 4.78 is 12.2. The van der Waals surface area contributed by atoms with E-state index in [0.29, 0.717) is 16.9 Å². The first-order valence-electron chi connectivity index (χ1n) is 12.4. The predicted molar refractivity (Wildman–Crippen MR) is 143 cm³/mol. The molecule has 1 aliphatic rings. The standard InChI is InChI=1S/C29H25ClN2O6/c30-23-14-13-20(17-24(23)32(35)36)25(33)18-31(29(34)19-7-2-1-3-8-19)15-16-37-27-12-6-10-22-21-9-4-5-11-26(21)38-28(22)27/h1-3,6-8,10,12-14,17H,4-5,9,11,15-16,18H2. The molecule has 38 heavy (non-hydrogen) atoms. The molecular formula is C29H25ClN2O6. The molecule has 1 heterocycles. The van der Waals surface area contributed by atoms with E-state index in [9.17, 15) is 19.7 Å². The lowest BCUT2D eigenvalue weighted by atomic mass is 9.96. The third-order valence-electron chi connectivity index (χ3n) is 6.67. The van der Waals surface area contributed by atoms with Crippen LogP contribution >= 0.6 is 11.6 Å². The number of halogens is 1. The maximum atomic E-state index is 13.3. The van der Waals surface area contributed by atoms with Gasteiger partial charge in [-0.1, -0.05) is 41.9 Å². The molecule has 0 bridgehead atoms. The Balaban J connectivity index is 1.35. The molecule has 0 fully saturated rings. The van der Waals surface area contributed by atoms with Crippen molar-refractivity contribution in [3.8, 4) is 5.75 Å². The minimum atomic E-state index is -0.646. The second kappa shape index (κ2) is 11.1. The number of carbonyl (C=O) groups is 2. The van der Waals surface area contributed by atoms with Gasteiger partial charge in [0.2, 0.25) is 0 Å². The van der Waals surface area contributed by atoms with Crippen LogP contribution in [-0.4, -0.2) is 41.2 Å². The molecule has 0 radical (unpaired) electrons. The number of ketones is 1. The Morgan fingerprint density at radius 1 is 1.00 bits per heavy atom. The molecule has 4 aromatic rings. The SMILES string of the molecule is O=C(CN(CCOc1cccc2c3c(oc12)CCCC3)C(=O)c1ccccc1)c1ccc(Cl)c([N+](=O)[O-])c1. The summed E-state index contributed by atoms with van der Waals surface area (Å²) in [7, 11) is 0. The van der Waals surface area contributed by atoms with E-state index in [4.69, 9.17) is 20.8 Å². The Hall–Kier alpha value is -4.17. The number of nitro benzene ring substituents is 1. The number of Topliss-reactive ketones (excluding diaryl/α,β-unsaturated/α-hetero) is 1. The quantitative estimate of drug-likeness (QED) is 0.143. The number of nitrogens with zero attached hydrogens (tertiary/aromatic N) is 2. The van der Waals surface area contributed by atoms with Gasteiger partial charge in [-0.25, -0.2) is 0 Å². The zero-order valence-corrected chi connectivity index (χ0v) is 21.3. The molecule has 0 spiro atoms. The summed E-state index contributed by atoms with van der Waals surface area (Å²) in [6, 6.07) is 18.3. The first-order chi connectivity index (χ1) is 18.4. The number of furan rings is 1. The number of nitro groups is 1. The van der Waals surface area contributed by atoms with Crippen LogP contribution in [0.5, 0.6) is 5.75 Å². The largest absolute Gasteiger partial charge is 0.488 e. The van der Waals surface area contributed by atoms with E-state index in [2.05, 4.69) is 0 Å². The number of carbonyl (C=O) groups excluding carboxylic acids is 2. The second-order valence-electron chi connectivity index (χ2n) is 9.13. The lowest BCUT2D eigenvalue weighted by molar-refractivity contribution is -0.384. The average Bonchev–Trinajstić information content (AvgIpc) is 3.32. The second-order valence-corrected chi connectivity index (χ2v) is 9.54. The van der Waals surface area contributed by atoms with E-state index in [0.717, 1.165) is 42.9 Å². The highest BCUT2D eigenvalue weighted by Crippen LogP contribution is 2.36. The van der Waals surface area contributed by atoms with E-state index in [-0.39, 0.29) is 41.9 Å². The van der Waals surface area contributed by atoms with Crippen molar-refractivity contribution in [3.05, 3.63) is 104 Å². The van der Waals surface area contributed by atoms with Crippen LogP contribution in [0, 0.1) is 10.1 Å². The summed E-state index contributed by atoms with van der Waals surface area (Å²) in [4.78, 5) is 38.4. The molecular weight excluding hydrogens is 508 g/mol. The van der Waals surface area contributed by atoms with Crippen LogP contribution in [0.4, 0.5) is 5.69 Å². The van der Waals surface area contributed by atoms with Crippen molar-refractivity contribution < 1.29 is 23.7 Å². The first kappa shape index (κ1) is 25.5. The molecule has 0 atom stereocenters. The summed E-state index contributed by atoms with van der Waals surface area (Å²) >= 11 is 5.89. The van der Waals surface area contributed by atoms with Gasteiger partial charge >= 0.3 is 0 Å². The zero-order valence-electron chi connectivity index (χ0n) is 20.5. The van der Waals surface area contributed by atoms with Crippen LogP contribution < -0.4 is 4.74 Å². The third-order valence-corrected chi connectivity index (χ3v) is 6.99. The minimum Gasteiger partial charge on any atom is -0.488 e. The van der Waals surface area contributed by atoms with E-state index < -0.39 is 10.7 Å². The molecule has 0 saturated heterocycles. The molecule has 8 nitrogen and oxygen atoms in total. The third kappa shape index (κ3) is 5.26. The molecule has 1 amide bonds. The van der Waals surface area contributed by atoms with Crippen LogP contribution in [0.1, 0.15) is 44.9 Å². The van der Waals surface area contributed by atoms with Crippen LogP contribution in [0.25, 0.3) is 11.0 Å². The lowest BCUT2D eigenvalue weighted by Gasteiger charge is -2.22. The van der Waals surface area contributed by atoms with Crippen LogP contribution in [0.15, 0.2) is 71.1 Å². The van der Waals surface area contributed by atoms with Gasteiger partial charge in [0, 0.05) is 34.6 Å². The molecule has 9 heteroatoms. The van der Waals surface area contributed by atoms with Crippen molar-refractivity contribution in [3.63, 3.8) is 0 Å². The Bertz CT molecular complexity index is 1510. The van der Waals surface area contributed by atoms with Gasteiger partial charge in [-0.15, -0.1) is 0 Å². The monoisotopic (exact) mass is 532 g/mol. The highest BCUT2D eigenvalue weighted by atomic mass is 35.5. The van der Waals surface area contributed by atoms with Gasteiger partial charge in [-0.2, -0.15) is 0 Å². The number of hydrogen-bond donors (Lipinski definition) is 0. The maximum absolute atomic E-state index is 13.3. The van der Waals surface area contributed by atoms with Crippen LogP contribution in [-0.2, 0) is 12.8 Å². The van der Waals surface area contributed by atoms with Gasteiger partial charge in [-0.3, -0.25) is 19.7 Å². The van der Waals surface area contributed by atoms with Crippen molar-refractivity contribution in [1.29, 1.82) is 0 Å². The van der Waals surface area contributed by atoms with Crippen molar-refractivity contribution in [2.24, 2.45) is 0 Å². The molecule has 1 aromatic heterocycles. The number of amides is 1. The Morgan fingerprint density at radius 2 is 1.79 bits per heavy atom. The van der Waals surface area contributed by atoms with Crippen molar-refractivity contribution in [2.75, 3.05) is 19.7 Å². The van der Waals surface area contributed by atoms with E-state index in [1.54, 1.807) is 30.3 Å². The van der Waals surface area contributed by atoms with Crippen molar-refractivity contribution in [2.45, 2.75) is 25.7 Å². The van der Waals surface area contributed by atoms with Gasteiger partial charge in [-0.05, 0) is 49.6 Å². The normalized spacial score (nSPS) is 12.7. The lowest BCUT2D eigenvalue weighted by Crippen LogP contribution is -2.38. The zero-order chi connectivity index (χ0) is 26.6. The fourth-order valence-electron chi connectivity index (χ4n) is 4.74. The van der Waals surface area contributed by atoms with Gasteiger partial charge in [0.1, 0.15) is 17.4 Å². The molecule has 194 valence electrons. The van der Waals surface area contributed by atoms with Crippen molar-refractivity contribution >= 4 is 39.9 Å². The summed E-state index contributed by atoms with van der Waals surface area (Å²) in [5.41, 5.74) is 2.09. The minimum absolute atomic E-state index is 0.0639. The number of benzene rings is 3. The average molecular weight is 533 g/mol. The number of rotatable bonds is 9. The number of para-hydroxylation sites is 1. The molecule has 5 rings (SSSR count). The van der Waals surface area contributed by atoms with E-state index in [1.807, 2.05) is 18.2 Å². The molecule has 3 aromatic carbocycles. The first-order valence-corrected chi connectivity index (χ1v) is 12.8. The fourth-order valence-corrected chi connectivity index (χ4v) is 4.93. The van der Waals surface area contributed by atoms with Gasteiger partial charge in [0.05, 0.1) is 18.0 Å². The highest BCUT2D eigenvalue weighted by Gasteiger charge is 2.23. The molecule has 0 N–H and O–H groups in total. The van der Waals surface area contributed by atoms with Crippen LogP contribution in [0.3, 0.4) is 0 Å². The van der Waals surface area contributed by atoms with Crippen molar-refractivity contribution in [1.82, 2.24) is 4.90 Å². The topological polar surface area (TPSA) is 103 Å². The van der Waals surface area contributed by atoms with Crippen LogP contribution in [0.2, 0.25) is 5.02 Å². The molecule has 0 aliphatic heterocycles. The molecule has 1 aliphatic carbocycles. The van der Waals surface area contributed by atoms with Gasteiger partial charge < -0.3 is 14.1 Å². The highest BCUT2D eigenvalue weighted by molar-refractivity contribution is 6.32. The summed E-state index contributed by atoms with van der Waals surface area (Å²) in [6.45, 7) is -0.0435.